The van der Waals surface area contributed by atoms with Crippen molar-refractivity contribution in [3.63, 3.8) is 0 Å². The summed E-state index contributed by atoms with van der Waals surface area (Å²) in [6.45, 7) is 6.00. The lowest BCUT2D eigenvalue weighted by molar-refractivity contribution is 0.473. The lowest BCUT2D eigenvalue weighted by atomic mass is 10.00. The van der Waals surface area contributed by atoms with Crippen molar-refractivity contribution in [1.29, 1.82) is 0 Å². The molecule has 1 heterocycles. The van der Waals surface area contributed by atoms with E-state index in [0.717, 1.165) is 29.8 Å². The van der Waals surface area contributed by atoms with Gasteiger partial charge >= 0.3 is 0 Å². The van der Waals surface area contributed by atoms with Gasteiger partial charge in [-0.1, -0.05) is 13.3 Å². The van der Waals surface area contributed by atoms with Gasteiger partial charge in [0.2, 0.25) is 0 Å². The van der Waals surface area contributed by atoms with E-state index in [1.807, 2.05) is 6.20 Å². The molecule has 3 N–H and O–H groups in total. The minimum atomic E-state index is 0.648. The van der Waals surface area contributed by atoms with Gasteiger partial charge in [-0.25, -0.2) is 4.98 Å². The molecule has 4 heteroatoms. The number of nitrogens with zero attached hydrogens (tertiary/aromatic N) is 1. The summed E-state index contributed by atoms with van der Waals surface area (Å²) in [6.07, 6.45) is 5.34. The van der Waals surface area contributed by atoms with Gasteiger partial charge in [-0.15, -0.1) is 0 Å². The molecule has 1 unspecified atom stereocenters. The third kappa shape index (κ3) is 5.04. The smallest absolute Gasteiger partial charge is 0.128 e. The number of nitrogens with two attached hydrogens (primary N) is 1. The largest absolute Gasteiger partial charge is 0.370 e. The van der Waals surface area contributed by atoms with Gasteiger partial charge in [0.1, 0.15) is 5.82 Å². The van der Waals surface area contributed by atoms with Crippen LogP contribution in [0, 0.1) is 12.8 Å². The van der Waals surface area contributed by atoms with Gasteiger partial charge in [0.15, 0.2) is 0 Å². The van der Waals surface area contributed by atoms with Crippen LogP contribution in [0.25, 0.3) is 0 Å². The average molecular weight is 300 g/mol. The molecule has 0 saturated carbocycles. The minimum Gasteiger partial charge on any atom is -0.370 e. The maximum atomic E-state index is 5.63. The Balaban J connectivity index is 2.52. The van der Waals surface area contributed by atoms with E-state index in [-0.39, 0.29) is 0 Å². The zero-order chi connectivity index (χ0) is 12.7. The lowest BCUT2D eigenvalue weighted by Crippen LogP contribution is -2.18. The summed E-state index contributed by atoms with van der Waals surface area (Å²) < 4.78 is 1.02. The molecule has 0 bridgehead atoms. The summed E-state index contributed by atoms with van der Waals surface area (Å²) in [4.78, 5) is 4.38. The Kier molecular flexibility index (Phi) is 6.52. The van der Waals surface area contributed by atoms with Crippen molar-refractivity contribution in [2.45, 2.75) is 33.1 Å². The molecule has 0 spiro atoms. The van der Waals surface area contributed by atoms with E-state index >= 15 is 0 Å². The van der Waals surface area contributed by atoms with Crippen LogP contribution in [0.3, 0.4) is 0 Å². The molecule has 1 aromatic heterocycles. The van der Waals surface area contributed by atoms with E-state index in [2.05, 4.69) is 46.1 Å². The van der Waals surface area contributed by atoms with Crippen molar-refractivity contribution >= 4 is 21.7 Å². The second kappa shape index (κ2) is 7.67. The molecule has 0 amide bonds. The molecular weight excluding hydrogens is 278 g/mol. The van der Waals surface area contributed by atoms with Gasteiger partial charge in [0.05, 0.1) is 0 Å². The molecule has 0 fully saturated rings. The fraction of sp³-hybridized carbons (Fsp3) is 0.615. The zero-order valence-corrected chi connectivity index (χ0v) is 12.3. The van der Waals surface area contributed by atoms with Crippen LogP contribution in [0.5, 0.6) is 0 Å². The summed E-state index contributed by atoms with van der Waals surface area (Å²) in [5.41, 5.74) is 6.80. The Hall–Kier alpha value is -0.610. The summed E-state index contributed by atoms with van der Waals surface area (Å²) in [7, 11) is 0. The Labute approximate surface area is 112 Å². The van der Waals surface area contributed by atoms with Crippen molar-refractivity contribution < 1.29 is 0 Å². The van der Waals surface area contributed by atoms with Gasteiger partial charge < -0.3 is 11.1 Å². The van der Waals surface area contributed by atoms with Crippen LogP contribution >= 0.6 is 15.9 Å². The summed E-state index contributed by atoms with van der Waals surface area (Å²) >= 11 is 3.42. The van der Waals surface area contributed by atoms with Crippen LogP contribution in [0.15, 0.2) is 16.7 Å². The number of aromatic nitrogens is 1. The number of aryl methyl sites for hydroxylation is 1. The van der Waals surface area contributed by atoms with Crippen LogP contribution in [0.2, 0.25) is 0 Å². The Morgan fingerprint density at radius 1 is 1.47 bits per heavy atom. The number of nitrogens with one attached hydrogen (secondary N) is 1. The fourth-order valence-corrected chi connectivity index (χ4v) is 2.40. The van der Waals surface area contributed by atoms with Crippen LogP contribution in [0.1, 0.15) is 31.7 Å². The third-order valence-corrected chi connectivity index (χ3v) is 3.31. The third-order valence-electron chi connectivity index (χ3n) is 2.87. The number of halogens is 1. The highest BCUT2D eigenvalue weighted by Crippen LogP contribution is 2.18. The Bertz CT molecular complexity index is 335. The molecule has 0 radical (unpaired) electrons. The summed E-state index contributed by atoms with van der Waals surface area (Å²) in [5.74, 6) is 1.63. The first-order valence-corrected chi connectivity index (χ1v) is 7.02. The fourth-order valence-electron chi connectivity index (χ4n) is 1.96. The molecular formula is C13H22BrN3. The standard InChI is InChI=1S/C13H22BrN3/c1-3-4-11(5-6-15)8-16-13-10(2)7-12(14)9-17-13/h7,9,11H,3-6,8,15H2,1-2H3,(H,16,17). The van der Waals surface area contributed by atoms with Crippen molar-refractivity contribution in [3.8, 4) is 0 Å². The molecule has 0 aliphatic carbocycles. The van der Waals surface area contributed by atoms with E-state index < -0.39 is 0 Å². The monoisotopic (exact) mass is 299 g/mol. The SMILES string of the molecule is CCCC(CCN)CNc1ncc(Br)cc1C. The normalized spacial score (nSPS) is 12.5. The molecule has 1 atom stereocenters. The Morgan fingerprint density at radius 3 is 2.82 bits per heavy atom. The zero-order valence-electron chi connectivity index (χ0n) is 10.7. The van der Waals surface area contributed by atoms with Crippen LogP contribution in [-0.4, -0.2) is 18.1 Å². The highest BCUT2D eigenvalue weighted by Gasteiger charge is 2.08. The first kappa shape index (κ1) is 14.5. The lowest BCUT2D eigenvalue weighted by Gasteiger charge is -2.17. The van der Waals surface area contributed by atoms with Crippen LogP contribution in [0.4, 0.5) is 5.82 Å². The van der Waals surface area contributed by atoms with E-state index in [9.17, 15) is 0 Å². The summed E-state index contributed by atoms with van der Waals surface area (Å²) in [5, 5.41) is 3.42. The van der Waals surface area contributed by atoms with Crippen molar-refractivity contribution in [1.82, 2.24) is 4.98 Å². The molecule has 96 valence electrons. The van der Waals surface area contributed by atoms with Gasteiger partial charge in [-0.05, 0) is 59.8 Å². The van der Waals surface area contributed by atoms with Gasteiger partial charge in [0.25, 0.3) is 0 Å². The number of hydrogen-bond acceptors (Lipinski definition) is 3. The highest BCUT2D eigenvalue weighted by atomic mass is 79.9. The molecule has 0 aromatic carbocycles. The average Bonchev–Trinajstić information content (AvgIpc) is 2.28. The molecule has 0 saturated heterocycles. The topological polar surface area (TPSA) is 50.9 Å². The van der Waals surface area contributed by atoms with E-state index in [1.54, 1.807) is 0 Å². The van der Waals surface area contributed by atoms with E-state index in [0.29, 0.717) is 5.92 Å². The highest BCUT2D eigenvalue weighted by molar-refractivity contribution is 9.10. The number of hydrogen-bond donors (Lipinski definition) is 2. The van der Waals surface area contributed by atoms with Crippen LogP contribution in [-0.2, 0) is 0 Å². The van der Waals surface area contributed by atoms with Crippen LogP contribution < -0.4 is 11.1 Å². The predicted molar refractivity (Wildman–Crippen MR) is 77.2 cm³/mol. The predicted octanol–water partition coefficient (Wildman–Crippen LogP) is 3.33. The first-order valence-electron chi connectivity index (χ1n) is 6.23. The second-order valence-corrected chi connectivity index (χ2v) is 5.35. The van der Waals surface area contributed by atoms with Gasteiger partial charge in [0, 0.05) is 17.2 Å². The van der Waals surface area contributed by atoms with Crippen molar-refractivity contribution in [3.05, 3.63) is 22.3 Å². The molecule has 1 rings (SSSR count). The molecule has 1 aromatic rings. The molecule has 0 aliphatic heterocycles. The number of anilines is 1. The molecule has 17 heavy (non-hydrogen) atoms. The van der Waals surface area contributed by atoms with Crippen molar-refractivity contribution in [2.75, 3.05) is 18.4 Å². The number of pyridine rings is 1. The van der Waals surface area contributed by atoms with E-state index in [1.165, 1.54) is 18.4 Å². The van der Waals surface area contributed by atoms with Crippen molar-refractivity contribution in [2.24, 2.45) is 11.7 Å². The van der Waals surface area contributed by atoms with Gasteiger partial charge in [-0.2, -0.15) is 0 Å². The van der Waals surface area contributed by atoms with E-state index in [4.69, 9.17) is 5.73 Å². The summed E-state index contributed by atoms with van der Waals surface area (Å²) in [6, 6.07) is 2.08. The number of rotatable bonds is 7. The minimum absolute atomic E-state index is 0.648. The quantitative estimate of drug-likeness (QED) is 0.812. The first-order chi connectivity index (χ1) is 8.17. The molecule has 0 aliphatic rings. The van der Waals surface area contributed by atoms with Gasteiger partial charge in [-0.3, -0.25) is 0 Å². The molecule has 3 nitrogen and oxygen atoms in total. The maximum Gasteiger partial charge on any atom is 0.128 e. The maximum absolute atomic E-state index is 5.63. The Morgan fingerprint density at radius 2 is 2.24 bits per heavy atom. The second-order valence-electron chi connectivity index (χ2n) is 4.43.